The van der Waals surface area contributed by atoms with E-state index in [1.807, 2.05) is 24.3 Å². The van der Waals surface area contributed by atoms with Crippen molar-refractivity contribution in [3.63, 3.8) is 0 Å². The summed E-state index contributed by atoms with van der Waals surface area (Å²) >= 11 is 3.32. The smallest absolute Gasteiger partial charge is 0.161 e. The molecule has 0 N–H and O–H groups in total. The van der Waals surface area contributed by atoms with Crippen molar-refractivity contribution in [1.29, 1.82) is 0 Å². The molecule has 3 heteroatoms. The minimum Gasteiger partial charge on any atom is -0.490 e. The van der Waals surface area contributed by atoms with E-state index < -0.39 is 0 Å². The summed E-state index contributed by atoms with van der Waals surface area (Å²) in [4.78, 5) is 0. The Kier molecular flexibility index (Phi) is 5.45. The highest BCUT2D eigenvalue weighted by Gasteiger charge is 2.02. The highest BCUT2D eigenvalue weighted by Crippen LogP contribution is 2.26. The first-order chi connectivity index (χ1) is 6.88. The van der Waals surface area contributed by atoms with Crippen molar-refractivity contribution in [2.24, 2.45) is 0 Å². The van der Waals surface area contributed by atoms with Crippen LogP contribution >= 0.6 is 15.9 Å². The minimum absolute atomic E-state index is 0.659. The summed E-state index contributed by atoms with van der Waals surface area (Å²) in [5.74, 6) is 1.65. The molecular weight excluding hydrogens is 244 g/mol. The molecule has 14 heavy (non-hydrogen) atoms. The molecule has 0 aliphatic rings. The lowest BCUT2D eigenvalue weighted by molar-refractivity contribution is 0.278. The Bertz CT molecular complexity index is 236. The van der Waals surface area contributed by atoms with Gasteiger partial charge in [-0.1, -0.05) is 35.0 Å². The van der Waals surface area contributed by atoms with Crippen LogP contribution in [0.2, 0.25) is 0 Å². The number of halogens is 1. The number of hydrogen-bond donors (Lipinski definition) is 0. The average Bonchev–Trinajstić information content (AvgIpc) is 2.24. The van der Waals surface area contributed by atoms with Gasteiger partial charge in [0.25, 0.3) is 0 Å². The number of alkyl halides is 1. The van der Waals surface area contributed by atoms with Gasteiger partial charge >= 0.3 is 0 Å². The molecule has 0 fully saturated rings. The largest absolute Gasteiger partial charge is 0.490 e. The third-order valence-electron chi connectivity index (χ3n) is 1.65. The maximum Gasteiger partial charge on any atom is 0.161 e. The van der Waals surface area contributed by atoms with Crippen LogP contribution in [-0.4, -0.2) is 18.5 Å². The highest BCUT2D eigenvalue weighted by molar-refractivity contribution is 9.09. The van der Waals surface area contributed by atoms with Crippen LogP contribution in [-0.2, 0) is 0 Å². The normalized spacial score (nSPS) is 9.86. The van der Waals surface area contributed by atoms with Gasteiger partial charge in [0.1, 0.15) is 0 Å². The molecule has 0 heterocycles. The van der Waals surface area contributed by atoms with E-state index in [2.05, 4.69) is 22.9 Å². The number of rotatable bonds is 6. The van der Waals surface area contributed by atoms with Crippen molar-refractivity contribution >= 4 is 15.9 Å². The van der Waals surface area contributed by atoms with Crippen molar-refractivity contribution in [3.05, 3.63) is 24.3 Å². The van der Waals surface area contributed by atoms with Crippen LogP contribution in [0.5, 0.6) is 11.5 Å². The van der Waals surface area contributed by atoms with Gasteiger partial charge in [-0.2, -0.15) is 0 Å². The summed E-state index contributed by atoms with van der Waals surface area (Å²) < 4.78 is 11.1. The van der Waals surface area contributed by atoms with Gasteiger partial charge in [-0.3, -0.25) is 0 Å². The van der Waals surface area contributed by atoms with Crippen LogP contribution in [0.15, 0.2) is 24.3 Å². The summed E-state index contributed by atoms with van der Waals surface area (Å²) in [6, 6.07) is 7.75. The van der Waals surface area contributed by atoms with Crippen LogP contribution in [0, 0.1) is 0 Å². The Morgan fingerprint density at radius 3 is 2.14 bits per heavy atom. The number of benzene rings is 1. The van der Waals surface area contributed by atoms with Crippen molar-refractivity contribution < 1.29 is 9.47 Å². The van der Waals surface area contributed by atoms with E-state index in [1.165, 1.54) is 0 Å². The molecule has 1 rings (SSSR count). The standard InChI is InChI=1S/C11H15BrO2/c1-2-8-13-10-5-3-4-6-11(10)14-9-7-12/h3-6H,2,7-9H2,1H3. The fraction of sp³-hybridized carbons (Fsp3) is 0.455. The lowest BCUT2D eigenvalue weighted by atomic mass is 10.3. The fourth-order valence-corrected chi connectivity index (χ4v) is 1.21. The van der Waals surface area contributed by atoms with Crippen LogP contribution in [0.1, 0.15) is 13.3 Å². The van der Waals surface area contributed by atoms with Gasteiger partial charge < -0.3 is 9.47 Å². The molecule has 0 bridgehead atoms. The van der Waals surface area contributed by atoms with E-state index in [0.29, 0.717) is 6.61 Å². The number of ether oxygens (including phenoxy) is 2. The molecule has 1 aromatic rings. The molecule has 0 saturated heterocycles. The first kappa shape index (κ1) is 11.4. The zero-order valence-electron chi connectivity index (χ0n) is 8.33. The van der Waals surface area contributed by atoms with Gasteiger partial charge in [0.05, 0.1) is 13.2 Å². The molecule has 0 spiro atoms. The zero-order valence-corrected chi connectivity index (χ0v) is 9.92. The maximum atomic E-state index is 5.54. The summed E-state index contributed by atoms with van der Waals surface area (Å²) in [7, 11) is 0. The van der Waals surface area contributed by atoms with Crippen LogP contribution < -0.4 is 9.47 Å². The molecule has 0 amide bonds. The van der Waals surface area contributed by atoms with Gasteiger partial charge in [-0.15, -0.1) is 0 Å². The van der Waals surface area contributed by atoms with Crippen molar-refractivity contribution in [3.8, 4) is 11.5 Å². The second-order valence-electron chi connectivity index (χ2n) is 2.83. The lowest BCUT2D eigenvalue weighted by Crippen LogP contribution is -2.02. The minimum atomic E-state index is 0.659. The Balaban J connectivity index is 2.60. The van der Waals surface area contributed by atoms with Gasteiger partial charge in [0, 0.05) is 5.33 Å². The molecule has 0 aromatic heterocycles. The Hall–Kier alpha value is -0.700. The third kappa shape index (κ3) is 3.58. The lowest BCUT2D eigenvalue weighted by Gasteiger charge is -2.10. The molecular formula is C11H15BrO2. The van der Waals surface area contributed by atoms with Crippen molar-refractivity contribution in [2.45, 2.75) is 13.3 Å². The van der Waals surface area contributed by atoms with Gasteiger partial charge in [0.15, 0.2) is 11.5 Å². The van der Waals surface area contributed by atoms with E-state index in [1.54, 1.807) is 0 Å². The third-order valence-corrected chi connectivity index (χ3v) is 1.97. The first-order valence-corrected chi connectivity index (χ1v) is 5.91. The SMILES string of the molecule is CCCOc1ccccc1OCCBr. The molecule has 78 valence electrons. The molecule has 0 unspecified atom stereocenters. The predicted molar refractivity (Wildman–Crippen MR) is 61.5 cm³/mol. The van der Waals surface area contributed by atoms with E-state index in [-0.39, 0.29) is 0 Å². The Morgan fingerprint density at radius 2 is 1.64 bits per heavy atom. The second kappa shape index (κ2) is 6.71. The van der Waals surface area contributed by atoms with E-state index >= 15 is 0 Å². The monoisotopic (exact) mass is 258 g/mol. The summed E-state index contributed by atoms with van der Waals surface area (Å²) in [5.41, 5.74) is 0. The molecule has 0 radical (unpaired) electrons. The molecule has 0 atom stereocenters. The maximum absolute atomic E-state index is 5.54. The van der Waals surface area contributed by atoms with E-state index in [0.717, 1.165) is 29.9 Å². The van der Waals surface area contributed by atoms with Gasteiger partial charge in [-0.05, 0) is 18.6 Å². The number of para-hydroxylation sites is 2. The summed E-state index contributed by atoms with van der Waals surface area (Å²) in [5, 5.41) is 0.828. The topological polar surface area (TPSA) is 18.5 Å². The average molecular weight is 259 g/mol. The van der Waals surface area contributed by atoms with Crippen molar-refractivity contribution in [1.82, 2.24) is 0 Å². The van der Waals surface area contributed by atoms with Crippen LogP contribution in [0.25, 0.3) is 0 Å². The fourth-order valence-electron chi connectivity index (χ4n) is 1.05. The Labute approximate surface area is 93.4 Å². The van der Waals surface area contributed by atoms with Gasteiger partial charge in [-0.25, -0.2) is 0 Å². The molecule has 2 nitrogen and oxygen atoms in total. The second-order valence-corrected chi connectivity index (χ2v) is 3.63. The van der Waals surface area contributed by atoms with Crippen LogP contribution in [0.4, 0.5) is 0 Å². The molecule has 1 aromatic carbocycles. The zero-order chi connectivity index (χ0) is 10.2. The molecule has 0 aliphatic heterocycles. The van der Waals surface area contributed by atoms with E-state index in [4.69, 9.17) is 9.47 Å². The number of hydrogen-bond acceptors (Lipinski definition) is 2. The molecule has 0 saturated carbocycles. The summed E-state index contributed by atoms with van der Waals surface area (Å²) in [6.45, 7) is 3.48. The van der Waals surface area contributed by atoms with E-state index in [9.17, 15) is 0 Å². The highest BCUT2D eigenvalue weighted by atomic mass is 79.9. The Morgan fingerprint density at radius 1 is 1.07 bits per heavy atom. The quantitative estimate of drug-likeness (QED) is 0.730. The predicted octanol–water partition coefficient (Wildman–Crippen LogP) is 3.25. The van der Waals surface area contributed by atoms with Crippen LogP contribution in [0.3, 0.4) is 0 Å². The van der Waals surface area contributed by atoms with Crippen molar-refractivity contribution in [2.75, 3.05) is 18.5 Å². The molecule has 0 aliphatic carbocycles. The first-order valence-electron chi connectivity index (χ1n) is 4.79. The summed E-state index contributed by atoms with van der Waals surface area (Å²) in [6.07, 6.45) is 1.01. The van der Waals surface area contributed by atoms with Gasteiger partial charge in [0.2, 0.25) is 0 Å².